The first-order valence-corrected chi connectivity index (χ1v) is 7.32. The lowest BCUT2D eigenvalue weighted by Crippen LogP contribution is -2.48. The zero-order valence-corrected chi connectivity index (χ0v) is 13.5. The minimum absolute atomic E-state index is 0. The van der Waals surface area contributed by atoms with Crippen LogP contribution in [0.15, 0.2) is 42.5 Å². The van der Waals surface area contributed by atoms with E-state index < -0.39 is 5.54 Å². The topological polar surface area (TPSA) is 52.5 Å². The van der Waals surface area contributed by atoms with Crippen molar-refractivity contribution < 1.29 is 10.2 Å². The minimum Gasteiger partial charge on any atom is -0.394 e. The fraction of sp³-hybridized carbons (Fsp3) is 0.333. The molecule has 0 unspecified atom stereocenters. The number of fused-ring (bicyclic) bond motifs is 3. The molecule has 0 aromatic heterocycles. The molecule has 0 fully saturated rings. The molecule has 0 atom stereocenters. The Morgan fingerprint density at radius 1 is 1.00 bits per heavy atom. The van der Waals surface area contributed by atoms with Gasteiger partial charge in [0.1, 0.15) is 0 Å². The molecular formula is C18H22ClNO2. The Balaban J connectivity index is 0.00000176. The van der Waals surface area contributed by atoms with Gasteiger partial charge in [-0.05, 0) is 41.2 Å². The lowest BCUT2D eigenvalue weighted by molar-refractivity contribution is 0.103. The highest BCUT2D eigenvalue weighted by Crippen LogP contribution is 2.36. The van der Waals surface area contributed by atoms with Crippen molar-refractivity contribution >= 4 is 12.4 Å². The number of rotatable bonds is 5. The SMILES string of the molecule is CC(CO)(CO)NCc1ccc2c(c1)Cc1ccccc1-2.Cl. The van der Waals surface area contributed by atoms with Crippen LogP contribution in [0.25, 0.3) is 11.1 Å². The molecule has 3 N–H and O–H groups in total. The average Bonchev–Trinajstić information content (AvgIpc) is 2.90. The van der Waals surface area contributed by atoms with Crippen LogP contribution in [0.5, 0.6) is 0 Å². The summed E-state index contributed by atoms with van der Waals surface area (Å²) in [4.78, 5) is 0. The summed E-state index contributed by atoms with van der Waals surface area (Å²) >= 11 is 0. The molecule has 3 rings (SSSR count). The van der Waals surface area contributed by atoms with E-state index in [4.69, 9.17) is 0 Å². The molecule has 0 spiro atoms. The Labute approximate surface area is 137 Å². The third-order valence-electron chi connectivity index (χ3n) is 4.28. The Bertz CT molecular complexity index is 653. The van der Waals surface area contributed by atoms with Crippen molar-refractivity contribution in [3.8, 4) is 11.1 Å². The van der Waals surface area contributed by atoms with Gasteiger partial charge < -0.3 is 15.5 Å². The van der Waals surface area contributed by atoms with Crippen molar-refractivity contribution in [3.63, 3.8) is 0 Å². The Morgan fingerprint density at radius 2 is 1.68 bits per heavy atom. The van der Waals surface area contributed by atoms with Gasteiger partial charge in [0.25, 0.3) is 0 Å². The van der Waals surface area contributed by atoms with E-state index in [9.17, 15) is 10.2 Å². The maximum Gasteiger partial charge on any atom is 0.0633 e. The van der Waals surface area contributed by atoms with Crippen LogP contribution in [0.1, 0.15) is 23.6 Å². The molecule has 0 amide bonds. The van der Waals surface area contributed by atoms with Crippen LogP contribution >= 0.6 is 12.4 Å². The van der Waals surface area contributed by atoms with Crippen molar-refractivity contribution in [1.29, 1.82) is 0 Å². The molecule has 22 heavy (non-hydrogen) atoms. The summed E-state index contributed by atoms with van der Waals surface area (Å²) in [7, 11) is 0. The number of hydrogen-bond acceptors (Lipinski definition) is 3. The molecule has 0 saturated heterocycles. The van der Waals surface area contributed by atoms with Gasteiger partial charge >= 0.3 is 0 Å². The van der Waals surface area contributed by atoms with Crippen molar-refractivity contribution in [3.05, 3.63) is 59.2 Å². The molecule has 118 valence electrons. The minimum atomic E-state index is -0.637. The van der Waals surface area contributed by atoms with Crippen LogP contribution in [0.3, 0.4) is 0 Å². The Hall–Kier alpha value is -1.39. The summed E-state index contributed by atoms with van der Waals surface area (Å²) < 4.78 is 0. The molecule has 3 nitrogen and oxygen atoms in total. The molecule has 0 radical (unpaired) electrons. The lowest BCUT2D eigenvalue weighted by atomic mass is 10.0. The van der Waals surface area contributed by atoms with Crippen LogP contribution in [-0.2, 0) is 13.0 Å². The van der Waals surface area contributed by atoms with Crippen LogP contribution < -0.4 is 5.32 Å². The molecular weight excluding hydrogens is 298 g/mol. The molecule has 0 bridgehead atoms. The van der Waals surface area contributed by atoms with E-state index in [1.165, 1.54) is 27.8 Å². The molecule has 0 heterocycles. The van der Waals surface area contributed by atoms with Crippen molar-refractivity contribution in [2.24, 2.45) is 0 Å². The standard InChI is InChI=1S/C18H21NO2.ClH/c1-18(11-20,12-21)19-10-13-6-7-17-15(8-13)9-14-4-2-3-5-16(14)17;/h2-8,19-21H,9-12H2,1H3;1H. The zero-order chi connectivity index (χ0) is 14.9. The highest BCUT2D eigenvalue weighted by Gasteiger charge is 2.22. The van der Waals surface area contributed by atoms with E-state index in [0.717, 1.165) is 6.42 Å². The number of nitrogens with one attached hydrogen (secondary N) is 1. The number of hydrogen-bond donors (Lipinski definition) is 3. The number of aliphatic hydroxyl groups is 2. The summed E-state index contributed by atoms with van der Waals surface area (Å²) in [6.45, 7) is 2.29. The molecule has 1 aliphatic carbocycles. The quantitative estimate of drug-likeness (QED) is 0.677. The lowest BCUT2D eigenvalue weighted by Gasteiger charge is -2.26. The molecule has 1 aliphatic rings. The number of aliphatic hydroxyl groups excluding tert-OH is 2. The van der Waals surface area contributed by atoms with Gasteiger partial charge in [-0.3, -0.25) is 0 Å². The normalized spacial score (nSPS) is 12.5. The first-order chi connectivity index (χ1) is 10.1. The monoisotopic (exact) mass is 319 g/mol. The second kappa shape index (κ2) is 6.80. The molecule has 0 saturated carbocycles. The number of benzene rings is 2. The fourth-order valence-electron chi connectivity index (χ4n) is 2.79. The van der Waals surface area contributed by atoms with Gasteiger partial charge in [0.05, 0.1) is 18.8 Å². The zero-order valence-electron chi connectivity index (χ0n) is 12.7. The van der Waals surface area contributed by atoms with Gasteiger partial charge in [-0.25, -0.2) is 0 Å². The van der Waals surface area contributed by atoms with Gasteiger partial charge in [0.2, 0.25) is 0 Å². The van der Waals surface area contributed by atoms with E-state index in [0.29, 0.717) is 6.54 Å². The van der Waals surface area contributed by atoms with Gasteiger partial charge in [0.15, 0.2) is 0 Å². The molecule has 2 aromatic rings. The van der Waals surface area contributed by atoms with Crippen molar-refractivity contribution in [1.82, 2.24) is 5.32 Å². The first-order valence-electron chi connectivity index (χ1n) is 7.32. The van der Waals surface area contributed by atoms with Crippen molar-refractivity contribution in [2.45, 2.75) is 25.4 Å². The Morgan fingerprint density at radius 3 is 2.41 bits per heavy atom. The second-order valence-electron chi connectivity index (χ2n) is 6.06. The highest BCUT2D eigenvalue weighted by molar-refractivity contribution is 5.85. The van der Waals surface area contributed by atoms with E-state index in [1.54, 1.807) is 0 Å². The summed E-state index contributed by atoms with van der Waals surface area (Å²) in [5.74, 6) is 0. The summed E-state index contributed by atoms with van der Waals surface area (Å²) in [6, 6.07) is 15.0. The first kappa shape index (κ1) is 17.0. The Kier molecular flexibility index (Phi) is 5.24. The van der Waals surface area contributed by atoms with Gasteiger partial charge in [-0.2, -0.15) is 0 Å². The van der Waals surface area contributed by atoms with Crippen molar-refractivity contribution in [2.75, 3.05) is 13.2 Å². The number of halogens is 1. The van der Waals surface area contributed by atoms with E-state index in [2.05, 4.69) is 47.8 Å². The van der Waals surface area contributed by atoms with Gasteiger partial charge in [-0.1, -0.05) is 42.5 Å². The molecule has 0 aliphatic heterocycles. The van der Waals surface area contributed by atoms with Gasteiger partial charge in [0, 0.05) is 6.54 Å². The maximum atomic E-state index is 9.31. The smallest absolute Gasteiger partial charge is 0.0633 e. The van der Waals surface area contributed by atoms with E-state index in [-0.39, 0.29) is 25.6 Å². The molecule has 4 heteroatoms. The third-order valence-corrected chi connectivity index (χ3v) is 4.28. The van der Waals surface area contributed by atoms with Crippen LogP contribution in [-0.4, -0.2) is 29.0 Å². The van der Waals surface area contributed by atoms with E-state index in [1.807, 2.05) is 6.92 Å². The maximum absolute atomic E-state index is 9.31. The summed E-state index contributed by atoms with van der Waals surface area (Å²) in [6.07, 6.45) is 0.983. The predicted octanol–water partition coefficient (Wildman–Crippen LogP) is 2.51. The predicted molar refractivity (Wildman–Crippen MR) is 91.3 cm³/mol. The van der Waals surface area contributed by atoms with Crippen LogP contribution in [0.2, 0.25) is 0 Å². The van der Waals surface area contributed by atoms with Crippen LogP contribution in [0.4, 0.5) is 0 Å². The van der Waals surface area contributed by atoms with Crippen LogP contribution in [0, 0.1) is 0 Å². The van der Waals surface area contributed by atoms with E-state index >= 15 is 0 Å². The molecule has 2 aromatic carbocycles. The average molecular weight is 320 g/mol. The largest absolute Gasteiger partial charge is 0.394 e. The summed E-state index contributed by atoms with van der Waals surface area (Å²) in [5, 5.41) is 21.9. The highest BCUT2D eigenvalue weighted by atomic mass is 35.5. The summed E-state index contributed by atoms with van der Waals surface area (Å²) in [5.41, 5.74) is 5.93. The van der Waals surface area contributed by atoms with Gasteiger partial charge in [-0.15, -0.1) is 12.4 Å². The fourth-order valence-corrected chi connectivity index (χ4v) is 2.79. The third kappa shape index (κ3) is 3.18. The second-order valence-corrected chi connectivity index (χ2v) is 6.06.